The van der Waals surface area contributed by atoms with Gasteiger partial charge in [-0.25, -0.2) is 4.98 Å². The highest BCUT2D eigenvalue weighted by Gasteiger charge is 2.05. The monoisotopic (exact) mass is 481 g/mol. The Bertz CT molecular complexity index is 783. The third-order valence-electron chi connectivity index (χ3n) is 3.88. The number of halogens is 1. The number of imidazole rings is 1. The molecule has 0 aliphatic rings. The second-order valence-corrected chi connectivity index (χ2v) is 6.67. The van der Waals surface area contributed by atoms with Gasteiger partial charge >= 0.3 is 0 Å². The van der Waals surface area contributed by atoms with Crippen LogP contribution in [0.2, 0.25) is 0 Å². The van der Waals surface area contributed by atoms with Crippen molar-refractivity contribution in [3.63, 3.8) is 0 Å². The molecule has 138 valence electrons. The lowest BCUT2D eigenvalue weighted by Crippen LogP contribution is -2.38. The van der Waals surface area contributed by atoms with Gasteiger partial charge < -0.3 is 15.2 Å². The fourth-order valence-electron chi connectivity index (χ4n) is 2.57. The first kappa shape index (κ1) is 20.4. The van der Waals surface area contributed by atoms with Crippen LogP contribution in [0.25, 0.3) is 0 Å². The molecular weight excluding hydrogens is 457 g/mol. The molecule has 1 aromatic carbocycles. The van der Waals surface area contributed by atoms with E-state index < -0.39 is 0 Å². The summed E-state index contributed by atoms with van der Waals surface area (Å²) >= 11 is 1.78. The molecule has 0 radical (unpaired) electrons. The molecule has 3 rings (SSSR count). The number of nitrogens with one attached hydrogen (secondary N) is 2. The number of aliphatic imine (C=N–C) groups is 1. The Kier molecular flexibility index (Phi) is 8.63. The summed E-state index contributed by atoms with van der Waals surface area (Å²) < 4.78 is 2.15. The highest BCUT2D eigenvalue weighted by atomic mass is 127. The molecule has 3 aromatic rings. The molecule has 0 unspecified atom stereocenters. The Balaban J connectivity index is 0.00000243. The normalized spacial score (nSPS) is 11.0. The van der Waals surface area contributed by atoms with Crippen LogP contribution in [0, 0.1) is 0 Å². The molecule has 0 spiro atoms. The molecule has 5 nitrogen and oxygen atoms in total. The summed E-state index contributed by atoms with van der Waals surface area (Å²) in [5.74, 6) is 1.79. The Morgan fingerprint density at radius 2 is 2.00 bits per heavy atom. The van der Waals surface area contributed by atoms with E-state index in [4.69, 9.17) is 0 Å². The second-order valence-electron chi connectivity index (χ2n) is 5.64. The minimum absolute atomic E-state index is 0. The SMILES string of the molecule is CN=C(NCCc1cccs1)NCc1nccn1Cc1ccccc1.I. The largest absolute Gasteiger partial charge is 0.356 e. The van der Waals surface area contributed by atoms with E-state index in [1.165, 1.54) is 10.4 Å². The number of hydrogen-bond acceptors (Lipinski definition) is 3. The maximum Gasteiger partial charge on any atom is 0.191 e. The van der Waals surface area contributed by atoms with Crippen LogP contribution in [-0.4, -0.2) is 29.1 Å². The Morgan fingerprint density at radius 1 is 1.15 bits per heavy atom. The van der Waals surface area contributed by atoms with Crippen molar-refractivity contribution in [1.82, 2.24) is 20.2 Å². The number of benzene rings is 1. The van der Waals surface area contributed by atoms with E-state index in [1.54, 1.807) is 18.4 Å². The zero-order chi connectivity index (χ0) is 17.3. The zero-order valence-electron chi connectivity index (χ0n) is 14.8. The topological polar surface area (TPSA) is 54.2 Å². The van der Waals surface area contributed by atoms with Crippen molar-refractivity contribution in [3.05, 3.63) is 76.5 Å². The molecule has 0 fully saturated rings. The van der Waals surface area contributed by atoms with Gasteiger partial charge in [0.05, 0.1) is 6.54 Å². The van der Waals surface area contributed by atoms with Crippen LogP contribution in [0.15, 0.2) is 65.2 Å². The average molecular weight is 481 g/mol. The molecule has 0 aliphatic heterocycles. The molecule has 0 saturated heterocycles. The summed E-state index contributed by atoms with van der Waals surface area (Å²) in [6, 6.07) is 14.6. The van der Waals surface area contributed by atoms with E-state index in [-0.39, 0.29) is 24.0 Å². The van der Waals surface area contributed by atoms with Gasteiger partial charge in [-0.05, 0) is 23.4 Å². The van der Waals surface area contributed by atoms with Crippen LogP contribution in [0.1, 0.15) is 16.3 Å². The number of hydrogen-bond donors (Lipinski definition) is 2. The van der Waals surface area contributed by atoms with Gasteiger partial charge in [-0.3, -0.25) is 4.99 Å². The minimum atomic E-state index is 0. The molecular formula is C19H24IN5S. The van der Waals surface area contributed by atoms with Gasteiger partial charge in [0, 0.05) is 37.4 Å². The smallest absolute Gasteiger partial charge is 0.191 e. The molecule has 2 heterocycles. The second kappa shape index (κ2) is 11.0. The third-order valence-corrected chi connectivity index (χ3v) is 4.82. The van der Waals surface area contributed by atoms with E-state index in [0.717, 1.165) is 31.3 Å². The first-order chi connectivity index (χ1) is 12.3. The minimum Gasteiger partial charge on any atom is -0.356 e. The molecule has 26 heavy (non-hydrogen) atoms. The summed E-state index contributed by atoms with van der Waals surface area (Å²) in [4.78, 5) is 10.1. The lowest BCUT2D eigenvalue weighted by molar-refractivity contribution is 0.687. The average Bonchev–Trinajstić information content (AvgIpc) is 3.31. The quantitative estimate of drug-likeness (QED) is 0.309. The van der Waals surface area contributed by atoms with E-state index in [0.29, 0.717) is 6.54 Å². The van der Waals surface area contributed by atoms with E-state index in [2.05, 4.69) is 67.0 Å². The predicted octanol–water partition coefficient (Wildman–Crippen LogP) is 3.52. The molecule has 0 bridgehead atoms. The van der Waals surface area contributed by atoms with Gasteiger partial charge in [0.15, 0.2) is 5.96 Å². The number of guanidine groups is 1. The van der Waals surface area contributed by atoms with Crippen molar-refractivity contribution in [1.29, 1.82) is 0 Å². The Hall–Kier alpha value is -1.87. The summed E-state index contributed by atoms with van der Waals surface area (Å²) in [5, 5.41) is 8.79. The molecule has 0 aliphatic carbocycles. The van der Waals surface area contributed by atoms with Crippen molar-refractivity contribution in [2.24, 2.45) is 4.99 Å². The van der Waals surface area contributed by atoms with Gasteiger partial charge in [-0.1, -0.05) is 36.4 Å². The summed E-state index contributed by atoms with van der Waals surface area (Å²) in [7, 11) is 1.79. The zero-order valence-corrected chi connectivity index (χ0v) is 17.9. The van der Waals surface area contributed by atoms with Gasteiger partial charge in [0.2, 0.25) is 0 Å². The Morgan fingerprint density at radius 3 is 2.73 bits per heavy atom. The molecule has 2 N–H and O–H groups in total. The number of rotatable bonds is 7. The van der Waals surface area contributed by atoms with E-state index in [9.17, 15) is 0 Å². The van der Waals surface area contributed by atoms with Gasteiger partial charge in [0.1, 0.15) is 5.82 Å². The van der Waals surface area contributed by atoms with E-state index >= 15 is 0 Å². The summed E-state index contributed by atoms with van der Waals surface area (Å²) in [6.07, 6.45) is 4.85. The van der Waals surface area contributed by atoms with Crippen molar-refractivity contribution >= 4 is 41.3 Å². The highest BCUT2D eigenvalue weighted by Crippen LogP contribution is 2.08. The van der Waals surface area contributed by atoms with Crippen LogP contribution < -0.4 is 10.6 Å². The maximum atomic E-state index is 4.46. The fourth-order valence-corrected chi connectivity index (χ4v) is 3.28. The van der Waals surface area contributed by atoms with Crippen LogP contribution in [0.4, 0.5) is 0 Å². The van der Waals surface area contributed by atoms with Crippen LogP contribution >= 0.6 is 35.3 Å². The van der Waals surface area contributed by atoms with Crippen molar-refractivity contribution < 1.29 is 0 Å². The highest BCUT2D eigenvalue weighted by molar-refractivity contribution is 14.0. The van der Waals surface area contributed by atoms with Crippen LogP contribution in [0.5, 0.6) is 0 Å². The van der Waals surface area contributed by atoms with Crippen molar-refractivity contribution in [2.45, 2.75) is 19.5 Å². The summed E-state index contributed by atoms with van der Waals surface area (Å²) in [5.41, 5.74) is 1.26. The lowest BCUT2D eigenvalue weighted by Gasteiger charge is -2.13. The fraction of sp³-hybridized carbons (Fsp3) is 0.263. The Labute approximate surface area is 175 Å². The van der Waals surface area contributed by atoms with Crippen LogP contribution in [0.3, 0.4) is 0 Å². The molecule has 2 aromatic heterocycles. The first-order valence-electron chi connectivity index (χ1n) is 8.36. The molecule has 7 heteroatoms. The van der Waals surface area contributed by atoms with Gasteiger partial charge in [-0.2, -0.15) is 0 Å². The van der Waals surface area contributed by atoms with Gasteiger partial charge in [0.25, 0.3) is 0 Å². The lowest BCUT2D eigenvalue weighted by atomic mass is 10.2. The number of thiophene rings is 1. The first-order valence-corrected chi connectivity index (χ1v) is 9.24. The standard InChI is InChI=1S/C19H23N5S.HI/c1-20-19(22-10-9-17-8-5-13-25-17)23-14-18-21-11-12-24(18)15-16-6-3-2-4-7-16;/h2-8,11-13H,9-10,14-15H2,1H3,(H2,20,22,23);1H. The maximum absolute atomic E-state index is 4.46. The van der Waals surface area contributed by atoms with Crippen molar-refractivity contribution in [2.75, 3.05) is 13.6 Å². The van der Waals surface area contributed by atoms with Gasteiger partial charge in [-0.15, -0.1) is 35.3 Å². The number of nitrogens with zero attached hydrogens (tertiary/aromatic N) is 3. The third kappa shape index (κ3) is 6.14. The van der Waals surface area contributed by atoms with Crippen molar-refractivity contribution in [3.8, 4) is 0 Å². The summed E-state index contributed by atoms with van der Waals surface area (Å²) in [6.45, 7) is 2.32. The molecule has 0 saturated carbocycles. The van der Waals surface area contributed by atoms with Crippen LogP contribution in [-0.2, 0) is 19.5 Å². The molecule has 0 atom stereocenters. The number of aromatic nitrogens is 2. The predicted molar refractivity (Wildman–Crippen MR) is 119 cm³/mol. The van der Waals surface area contributed by atoms with E-state index in [1.807, 2.05) is 18.5 Å². The molecule has 0 amide bonds.